The third-order valence-electron chi connectivity index (χ3n) is 3.43. The quantitative estimate of drug-likeness (QED) is 0.840. The zero-order valence-corrected chi connectivity index (χ0v) is 10.9. The Morgan fingerprint density at radius 2 is 2.00 bits per heavy atom. The molecule has 0 atom stereocenters. The summed E-state index contributed by atoms with van der Waals surface area (Å²) in [6.45, 7) is 1.98. The van der Waals surface area contributed by atoms with Gasteiger partial charge in [-0.3, -0.25) is 4.79 Å². The number of aryl methyl sites for hydroxylation is 1. The van der Waals surface area contributed by atoms with E-state index in [1.54, 1.807) is 0 Å². The maximum absolute atomic E-state index is 12.1. The van der Waals surface area contributed by atoms with E-state index >= 15 is 0 Å². The summed E-state index contributed by atoms with van der Waals surface area (Å²) in [5.74, 6) is 0.331. The van der Waals surface area contributed by atoms with Gasteiger partial charge in [0.2, 0.25) is 5.91 Å². The van der Waals surface area contributed by atoms with E-state index in [0.717, 1.165) is 24.1 Å². The predicted octanol–water partition coefficient (Wildman–Crippen LogP) is 4.17. The summed E-state index contributed by atoms with van der Waals surface area (Å²) in [6.07, 6.45) is 5.65. The molecule has 0 aliphatic heterocycles. The normalized spacial score (nSPS) is 16.8. The van der Waals surface area contributed by atoms with Crippen molar-refractivity contribution >= 4 is 23.2 Å². The Hall–Kier alpha value is -1.02. The van der Waals surface area contributed by atoms with Gasteiger partial charge in [0, 0.05) is 16.6 Å². The van der Waals surface area contributed by atoms with Crippen LogP contribution in [0.3, 0.4) is 0 Å². The van der Waals surface area contributed by atoms with E-state index in [1.165, 1.54) is 19.3 Å². The third-order valence-corrected chi connectivity index (χ3v) is 3.67. The number of nitrogens with one attached hydrogen (secondary N) is 1. The molecule has 2 nitrogen and oxygen atoms in total. The van der Waals surface area contributed by atoms with E-state index in [2.05, 4.69) is 5.32 Å². The molecule has 2 rings (SSSR count). The molecule has 1 aliphatic carbocycles. The molecule has 1 N–H and O–H groups in total. The molecular weight excluding hydrogens is 234 g/mol. The van der Waals surface area contributed by atoms with Crippen LogP contribution in [0.5, 0.6) is 0 Å². The zero-order chi connectivity index (χ0) is 12.3. The Bertz CT molecular complexity index is 411. The summed E-state index contributed by atoms with van der Waals surface area (Å²) < 4.78 is 0. The molecule has 0 spiro atoms. The number of anilines is 1. The van der Waals surface area contributed by atoms with E-state index in [9.17, 15) is 4.79 Å². The lowest BCUT2D eigenvalue weighted by molar-refractivity contribution is -0.120. The highest BCUT2D eigenvalue weighted by Crippen LogP contribution is 2.26. The average molecular weight is 252 g/mol. The predicted molar refractivity (Wildman–Crippen MR) is 71.4 cm³/mol. The average Bonchev–Trinajstić information content (AvgIpc) is 2.35. The number of carbonyl (C=O) groups excluding carboxylic acids is 1. The number of rotatable bonds is 2. The molecule has 3 heteroatoms. The lowest BCUT2D eigenvalue weighted by Gasteiger charge is -2.21. The van der Waals surface area contributed by atoms with Gasteiger partial charge in [-0.15, -0.1) is 0 Å². The number of carbonyl (C=O) groups is 1. The molecule has 0 heterocycles. The first kappa shape index (κ1) is 12.4. The van der Waals surface area contributed by atoms with Crippen molar-refractivity contribution in [2.45, 2.75) is 39.0 Å². The standard InChI is InChI=1S/C14H18ClNO/c1-10-7-8-12(15)9-13(10)16-14(17)11-5-3-2-4-6-11/h7-9,11H,2-6H2,1H3,(H,16,17). The number of benzene rings is 1. The van der Waals surface area contributed by atoms with Gasteiger partial charge in [0.15, 0.2) is 0 Å². The van der Waals surface area contributed by atoms with Crippen LogP contribution in [0.4, 0.5) is 5.69 Å². The van der Waals surface area contributed by atoms with Crippen molar-refractivity contribution in [1.29, 1.82) is 0 Å². The molecule has 17 heavy (non-hydrogen) atoms. The summed E-state index contributed by atoms with van der Waals surface area (Å²) in [5.41, 5.74) is 1.90. The Kier molecular flexibility index (Phi) is 4.06. The van der Waals surface area contributed by atoms with Gasteiger partial charge in [-0.05, 0) is 37.5 Å². The molecule has 1 saturated carbocycles. The van der Waals surface area contributed by atoms with Crippen molar-refractivity contribution in [3.05, 3.63) is 28.8 Å². The number of hydrogen-bond acceptors (Lipinski definition) is 1. The number of hydrogen-bond donors (Lipinski definition) is 1. The van der Waals surface area contributed by atoms with Crippen molar-refractivity contribution in [2.24, 2.45) is 5.92 Å². The van der Waals surface area contributed by atoms with Gasteiger partial charge in [-0.25, -0.2) is 0 Å². The molecule has 1 aromatic rings. The van der Waals surface area contributed by atoms with Crippen LogP contribution in [0, 0.1) is 12.8 Å². The highest BCUT2D eigenvalue weighted by atomic mass is 35.5. The summed E-state index contributed by atoms with van der Waals surface area (Å²) in [6, 6.07) is 5.59. The van der Waals surface area contributed by atoms with Crippen LogP contribution in [0.2, 0.25) is 5.02 Å². The van der Waals surface area contributed by atoms with Crippen LogP contribution in [0.15, 0.2) is 18.2 Å². The minimum absolute atomic E-state index is 0.148. The second kappa shape index (κ2) is 5.54. The van der Waals surface area contributed by atoms with E-state index < -0.39 is 0 Å². The number of halogens is 1. The molecular formula is C14H18ClNO. The second-order valence-electron chi connectivity index (χ2n) is 4.78. The molecule has 0 bridgehead atoms. The monoisotopic (exact) mass is 251 g/mol. The summed E-state index contributed by atoms with van der Waals surface area (Å²) >= 11 is 5.93. The molecule has 0 unspecified atom stereocenters. The van der Waals surface area contributed by atoms with E-state index in [-0.39, 0.29) is 11.8 Å². The second-order valence-corrected chi connectivity index (χ2v) is 5.22. The van der Waals surface area contributed by atoms with Crippen LogP contribution >= 0.6 is 11.6 Å². The van der Waals surface area contributed by atoms with Gasteiger partial charge in [-0.1, -0.05) is 36.9 Å². The summed E-state index contributed by atoms with van der Waals surface area (Å²) in [7, 11) is 0. The molecule has 1 fully saturated rings. The topological polar surface area (TPSA) is 29.1 Å². The van der Waals surface area contributed by atoms with Gasteiger partial charge in [-0.2, -0.15) is 0 Å². The Morgan fingerprint density at radius 1 is 1.29 bits per heavy atom. The van der Waals surface area contributed by atoms with Gasteiger partial charge in [0.25, 0.3) is 0 Å². The molecule has 1 amide bonds. The fourth-order valence-electron chi connectivity index (χ4n) is 2.33. The van der Waals surface area contributed by atoms with Gasteiger partial charge in [0.05, 0.1) is 0 Å². The maximum Gasteiger partial charge on any atom is 0.227 e. The van der Waals surface area contributed by atoms with Gasteiger partial charge >= 0.3 is 0 Å². The van der Waals surface area contributed by atoms with Crippen LogP contribution in [0.25, 0.3) is 0 Å². The summed E-state index contributed by atoms with van der Waals surface area (Å²) in [4.78, 5) is 12.1. The van der Waals surface area contributed by atoms with Crippen LogP contribution in [-0.2, 0) is 4.79 Å². The molecule has 0 saturated heterocycles. The highest BCUT2D eigenvalue weighted by Gasteiger charge is 2.21. The first-order chi connectivity index (χ1) is 8.16. The van der Waals surface area contributed by atoms with E-state index in [1.807, 2.05) is 25.1 Å². The fourth-order valence-corrected chi connectivity index (χ4v) is 2.50. The Morgan fingerprint density at radius 3 is 2.71 bits per heavy atom. The van der Waals surface area contributed by atoms with Crippen molar-refractivity contribution in [3.8, 4) is 0 Å². The molecule has 1 aromatic carbocycles. The zero-order valence-electron chi connectivity index (χ0n) is 10.1. The van der Waals surface area contributed by atoms with Gasteiger partial charge in [0.1, 0.15) is 0 Å². The lowest BCUT2D eigenvalue weighted by atomic mass is 9.88. The van der Waals surface area contributed by atoms with Crippen LogP contribution in [-0.4, -0.2) is 5.91 Å². The maximum atomic E-state index is 12.1. The molecule has 0 aromatic heterocycles. The Labute approximate surface area is 107 Å². The minimum atomic E-state index is 0.148. The first-order valence-corrected chi connectivity index (χ1v) is 6.61. The van der Waals surface area contributed by atoms with Gasteiger partial charge < -0.3 is 5.32 Å². The van der Waals surface area contributed by atoms with E-state index in [4.69, 9.17) is 11.6 Å². The SMILES string of the molecule is Cc1ccc(Cl)cc1NC(=O)C1CCCCC1. The molecule has 0 radical (unpaired) electrons. The van der Waals surface area contributed by atoms with E-state index in [0.29, 0.717) is 5.02 Å². The lowest BCUT2D eigenvalue weighted by Crippen LogP contribution is -2.25. The van der Waals surface area contributed by atoms with Crippen molar-refractivity contribution in [1.82, 2.24) is 0 Å². The Balaban J connectivity index is 2.04. The first-order valence-electron chi connectivity index (χ1n) is 6.24. The number of amides is 1. The largest absolute Gasteiger partial charge is 0.326 e. The summed E-state index contributed by atoms with van der Waals surface area (Å²) in [5, 5.41) is 3.66. The smallest absolute Gasteiger partial charge is 0.227 e. The van der Waals surface area contributed by atoms with Crippen LogP contribution in [0.1, 0.15) is 37.7 Å². The third kappa shape index (κ3) is 3.22. The van der Waals surface area contributed by atoms with Crippen molar-refractivity contribution < 1.29 is 4.79 Å². The fraction of sp³-hybridized carbons (Fsp3) is 0.500. The minimum Gasteiger partial charge on any atom is -0.326 e. The highest BCUT2D eigenvalue weighted by molar-refractivity contribution is 6.31. The molecule has 92 valence electrons. The molecule has 1 aliphatic rings. The van der Waals surface area contributed by atoms with Crippen LogP contribution < -0.4 is 5.32 Å². The van der Waals surface area contributed by atoms with Crippen molar-refractivity contribution in [2.75, 3.05) is 5.32 Å². The van der Waals surface area contributed by atoms with Crippen molar-refractivity contribution in [3.63, 3.8) is 0 Å².